The monoisotopic (exact) mass is 285 g/mol. The van der Waals surface area contributed by atoms with Crippen molar-refractivity contribution in [3.63, 3.8) is 0 Å². The van der Waals surface area contributed by atoms with E-state index in [2.05, 4.69) is 17.5 Å². The second-order valence-corrected chi connectivity index (χ2v) is 6.47. The van der Waals surface area contributed by atoms with Crippen molar-refractivity contribution in [3.05, 3.63) is 22.4 Å². The lowest BCUT2D eigenvalue weighted by molar-refractivity contribution is -0.135. The highest BCUT2D eigenvalue weighted by Gasteiger charge is 2.22. The van der Waals surface area contributed by atoms with Gasteiger partial charge in [0.1, 0.15) is 6.61 Å². The van der Waals surface area contributed by atoms with Crippen molar-refractivity contribution < 1.29 is 9.53 Å². The Labute approximate surface area is 117 Å². The molecule has 2 heterocycles. The number of hydrogen-bond donors (Lipinski definition) is 0. The van der Waals surface area contributed by atoms with Gasteiger partial charge >= 0.3 is 0 Å². The Kier molecular flexibility index (Phi) is 5.53. The first-order valence-corrected chi connectivity index (χ1v) is 8.24. The van der Waals surface area contributed by atoms with Gasteiger partial charge in [0.15, 0.2) is 0 Å². The van der Waals surface area contributed by atoms with E-state index < -0.39 is 0 Å². The van der Waals surface area contributed by atoms with Gasteiger partial charge in [-0.15, -0.1) is 11.3 Å². The van der Waals surface area contributed by atoms with Gasteiger partial charge in [-0.3, -0.25) is 4.79 Å². The van der Waals surface area contributed by atoms with Crippen LogP contribution in [0.3, 0.4) is 0 Å². The van der Waals surface area contributed by atoms with Crippen LogP contribution in [-0.2, 0) is 9.53 Å². The first-order valence-electron chi connectivity index (χ1n) is 6.31. The number of thiophene rings is 1. The fraction of sp³-hybridized carbons (Fsp3) is 0.615. The van der Waals surface area contributed by atoms with E-state index in [-0.39, 0.29) is 12.5 Å². The Morgan fingerprint density at radius 2 is 2.44 bits per heavy atom. The number of ether oxygens (including phenoxy) is 1. The normalized spacial score (nSPS) is 20.7. The highest BCUT2D eigenvalue weighted by atomic mass is 32.2. The molecule has 1 amide bonds. The van der Waals surface area contributed by atoms with Crippen LogP contribution in [0.2, 0.25) is 0 Å². The summed E-state index contributed by atoms with van der Waals surface area (Å²) in [5.41, 5.74) is 0. The van der Waals surface area contributed by atoms with Gasteiger partial charge in [0.25, 0.3) is 0 Å². The van der Waals surface area contributed by atoms with Crippen molar-refractivity contribution in [2.45, 2.75) is 18.6 Å². The maximum Gasteiger partial charge on any atom is 0.248 e. The third-order valence-corrected chi connectivity index (χ3v) is 5.43. The van der Waals surface area contributed by atoms with E-state index >= 15 is 0 Å². The lowest BCUT2D eigenvalue weighted by Gasteiger charge is -2.19. The number of carbonyl (C=O) groups excluding carboxylic acids is 1. The summed E-state index contributed by atoms with van der Waals surface area (Å²) < 4.78 is 5.19. The van der Waals surface area contributed by atoms with Crippen LogP contribution >= 0.6 is 23.1 Å². The van der Waals surface area contributed by atoms with Crippen molar-refractivity contribution in [1.82, 2.24) is 4.90 Å². The van der Waals surface area contributed by atoms with E-state index in [0.29, 0.717) is 11.9 Å². The highest BCUT2D eigenvalue weighted by Crippen LogP contribution is 2.36. The van der Waals surface area contributed by atoms with Crippen LogP contribution in [0.4, 0.5) is 0 Å². The molecule has 100 valence electrons. The summed E-state index contributed by atoms with van der Waals surface area (Å²) in [5.74, 6) is 1.14. The van der Waals surface area contributed by atoms with E-state index in [4.69, 9.17) is 4.74 Å². The number of amides is 1. The van der Waals surface area contributed by atoms with Crippen molar-refractivity contribution in [1.29, 1.82) is 0 Å². The van der Waals surface area contributed by atoms with E-state index in [0.717, 1.165) is 25.3 Å². The molecule has 0 aliphatic carbocycles. The molecule has 0 unspecified atom stereocenters. The smallest absolute Gasteiger partial charge is 0.248 e. The molecule has 0 N–H and O–H groups in total. The molecule has 18 heavy (non-hydrogen) atoms. The van der Waals surface area contributed by atoms with Gasteiger partial charge in [-0.2, -0.15) is 11.8 Å². The van der Waals surface area contributed by atoms with Gasteiger partial charge in [0, 0.05) is 35.6 Å². The van der Waals surface area contributed by atoms with E-state index in [1.165, 1.54) is 4.88 Å². The van der Waals surface area contributed by atoms with Crippen molar-refractivity contribution in [3.8, 4) is 0 Å². The largest absolute Gasteiger partial charge is 0.372 e. The topological polar surface area (TPSA) is 29.5 Å². The summed E-state index contributed by atoms with van der Waals surface area (Å²) in [7, 11) is 0. The number of hydrogen-bond acceptors (Lipinski definition) is 4. The molecule has 5 heteroatoms. The quantitative estimate of drug-likeness (QED) is 0.852. The minimum atomic E-state index is 0.129. The van der Waals surface area contributed by atoms with Gasteiger partial charge in [-0.25, -0.2) is 0 Å². The molecule has 0 radical (unpaired) electrons. The third kappa shape index (κ3) is 3.73. The number of nitrogens with zero attached hydrogens (tertiary/aromatic N) is 1. The van der Waals surface area contributed by atoms with Crippen LogP contribution in [0.15, 0.2) is 17.5 Å². The molecule has 1 saturated heterocycles. The molecule has 1 aromatic heterocycles. The molecule has 1 aliphatic rings. The predicted molar refractivity (Wildman–Crippen MR) is 77.2 cm³/mol. The first kappa shape index (κ1) is 13.9. The van der Waals surface area contributed by atoms with E-state index in [1.54, 1.807) is 0 Å². The zero-order valence-electron chi connectivity index (χ0n) is 10.6. The molecular formula is C13H19NO2S2. The lowest BCUT2D eigenvalue weighted by atomic mass is 10.2. The summed E-state index contributed by atoms with van der Waals surface area (Å²) in [5, 5.41) is 2.67. The summed E-state index contributed by atoms with van der Waals surface area (Å²) in [6.07, 6.45) is 1.04. The average molecular weight is 285 g/mol. The molecule has 0 aromatic carbocycles. The summed E-state index contributed by atoms with van der Waals surface area (Å²) in [6, 6.07) is 4.30. The minimum Gasteiger partial charge on any atom is -0.372 e. The van der Waals surface area contributed by atoms with Crippen LogP contribution in [0.25, 0.3) is 0 Å². The zero-order chi connectivity index (χ0) is 12.8. The minimum absolute atomic E-state index is 0.129. The molecule has 1 fully saturated rings. The number of rotatable bonds is 4. The fourth-order valence-electron chi connectivity index (χ4n) is 2.00. The second kappa shape index (κ2) is 7.16. The van der Waals surface area contributed by atoms with Crippen LogP contribution in [0.1, 0.15) is 23.5 Å². The van der Waals surface area contributed by atoms with E-state index in [9.17, 15) is 4.79 Å². The summed E-state index contributed by atoms with van der Waals surface area (Å²) >= 11 is 3.78. The molecule has 0 spiro atoms. The highest BCUT2D eigenvalue weighted by molar-refractivity contribution is 7.99. The number of thioether (sulfide) groups is 1. The lowest BCUT2D eigenvalue weighted by Crippen LogP contribution is -2.35. The molecule has 1 aromatic rings. The SMILES string of the molecule is CCOCC(=O)N1CCS[C@H](c2cccs2)CC1. The third-order valence-electron chi connectivity index (χ3n) is 2.98. The molecule has 1 aliphatic heterocycles. The maximum atomic E-state index is 11.9. The Balaban J connectivity index is 1.86. The predicted octanol–water partition coefficient (Wildman–Crippen LogP) is 2.79. The standard InChI is InChI=1S/C13H19NO2S2/c1-2-16-10-13(15)14-6-5-12(18-9-7-14)11-4-3-8-17-11/h3-4,8,12H,2,5-7,9-10H2,1H3/t12-/m0/s1. The Bertz CT molecular complexity index is 367. The van der Waals surface area contributed by atoms with Crippen molar-refractivity contribution >= 4 is 29.0 Å². The summed E-state index contributed by atoms with van der Waals surface area (Å²) in [4.78, 5) is 15.3. The van der Waals surface area contributed by atoms with Gasteiger partial charge in [-0.1, -0.05) is 6.07 Å². The number of carbonyl (C=O) groups is 1. The maximum absolute atomic E-state index is 11.9. The van der Waals surface area contributed by atoms with E-state index in [1.807, 2.05) is 34.9 Å². The van der Waals surface area contributed by atoms with Crippen LogP contribution in [0, 0.1) is 0 Å². The molecule has 0 saturated carbocycles. The van der Waals surface area contributed by atoms with Crippen LogP contribution in [-0.4, -0.2) is 42.9 Å². The fourth-order valence-corrected chi connectivity index (χ4v) is 4.24. The van der Waals surface area contributed by atoms with Gasteiger partial charge in [-0.05, 0) is 24.8 Å². The molecule has 0 bridgehead atoms. The van der Waals surface area contributed by atoms with Crippen LogP contribution < -0.4 is 0 Å². The Morgan fingerprint density at radius 3 is 3.17 bits per heavy atom. The molecule has 3 nitrogen and oxygen atoms in total. The zero-order valence-corrected chi connectivity index (χ0v) is 12.3. The Hall–Kier alpha value is -0.520. The summed E-state index contributed by atoms with van der Waals surface area (Å²) in [6.45, 7) is 4.44. The Morgan fingerprint density at radius 1 is 1.56 bits per heavy atom. The van der Waals surface area contributed by atoms with Crippen LogP contribution in [0.5, 0.6) is 0 Å². The average Bonchev–Trinajstić information content (AvgIpc) is 2.80. The van der Waals surface area contributed by atoms with Gasteiger partial charge in [0.05, 0.1) is 0 Å². The molecule has 2 rings (SSSR count). The van der Waals surface area contributed by atoms with Crippen molar-refractivity contribution in [2.75, 3.05) is 32.1 Å². The first-order chi connectivity index (χ1) is 8.81. The van der Waals surface area contributed by atoms with Gasteiger partial charge < -0.3 is 9.64 Å². The molecular weight excluding hydrogens is 266 g/mol. The van der Waals surface area contributed by atoms with Crippen molar-refractivity contribution in [2.24, 2.45) is 0 Å². The molecule has 1 atom stereocenters. The van der Waals surface area contributed by atoms with Gasteiger partial charge in [0.2, 0.25) is 5.91 Å². The second-order valence-electron chi connectivity index (χ2n) is 4.18.